The number of anilines is 1. The van der Waals surface area contributed by atoms with Crippen LogP contribution in [0.3, 0.4) is 0 Å². The number of hydrogen-bond acceptors (Lipinski definition) is 4. The molecule has 1 saturated heterocycles. The van der Waals surface area contributed by atoms with Gasteiger partial charge in [-0.25, -0.2) is 4.98 Å². The Bertz CT molecular complexity index is 269. The van der Waals surface area contributed by atoms with Gasteiger partial charge in [0, 0.05) is 12.1 Å². The molecule has 1 aromatic rings. The van der Waals surface area contributed by atoms with E-state index in [0.717, 1.165) is 6.54 Å². The van der Waals surface area contributed by atoms with Crippen molar-refractivity contribution in [3.63, 3.8) is 0 Å². The summed E-state index contributed by atoms with van der Waals surface area (Å²) in [4.78, 5) is 4.03. The van der Waals surface area contributed by atoms with E-state index in [1.807, 2.05) is 0 Å². The van der Waals surface area contributed by atoms with E-state index in [1.54, 1.807) is 18.3 Å². The van der Waals surface area contributed by atoms with Crippen LogP contribution in [0.15, 0.2) is 18.3 Å². The Hall–Kier alpha value is -1.29. The Labute approximate surface area is 77.1 Å². The van der Waals surface area contributed by atoms with Gasteiger partial charge in [-0.1, -0.05) is 0 Å². The molecule has 4 heteroatoms. The van der Waals surface area contributed by atoms with Crippen molar-refractivity contribution < 1.29 is 4.74 Å². The minimum atomic E-state index is 0.499. The molecule has 0 bridgehead atoms. The highest BCUT2D eigenvalue weighted by molar-refractivity contribution is 5.35. The molecule has 2 heterocycles. The summed E-state index contributed by atoms with van der Waals surface area (Å²) >= 11 is 0. The second kappa shape index (κ2) is 3.62. The first-order valence-corrected chi connectivity index (χ1v) is 4.42. The number of nitrogen functional groups attached to an aromatic ring is 1. The van der Waals surface area contributed by atoms with E-state index in [2.05, 4.69) is 10.3 Å². The first kappa shape index (κ1) is 8.31. The molecule has 1 fully saturated rings. The maximum atomic E-state index is 5.49. The van der Waals surface area contributed by atoms with Crippen molar-refractivity contribution in [3.8, 4) is 5.88 Å². The Morgan fingerprint density at radius 3 is 3.00 bits per heavy atom. The summed E-state index contributed by atoms with van der Waals surface area (Å²) in [5, 5.41) is 3.25. The highest BCUT2D eigenvalue weighted by atomic mass is 16.5. The lowest BCUT2D eigenvalue weighted by atomic mass is 10.1. The normalized spacial score (nSPS) is 20.8. The zero-order valence-corrected chi connectivity index (χ0v) is 7.36. The molecule has 2 rings (SSSR count). The summed E-state index contributed by atoms with van der Waals surface area (Å²) in [5.74, 6) is 0.642. The maximum absolute atomic E-state index is 5.49. The van der Waals surface area contributed by atoms with Gasteiger partial charge < -0.3 is 15.8 Å². The van der Waals surface area contributed by atoms with E-state index in [0.29, 0.717) is 24.2 Å². The number of ether oxygens (including phenoxy) is 1. The van der Waals surface area contributed by atoms with E-state index >= 15 is 0 Å². The molecule has 13 heavy (non-hydrogen) atoms. The predicted octanol–water partition coefficient (Wildman–Crippen LogP) is 0.404. The van der Waals surface area contributed by atoms with Crippen molar-refractivity contribution in [2.45, 2.75) is 12.5 Å². The number of nitrogens with two attached hydrogens (primary N) is 1. The second-order valence-corrected chi connectivity index (χ2v) is 3.18. The average molecular weight is 179 g/mol. The number of rotatable bonds is 3. The highest BCUT2D eigenvalue weighted by Crippen LogP contribution is 2.10. The van der Waals surface area contributed by atoms with Crippen LogP contribution in [-0.2, 0) is 0 Å². The number of pyridine rings is 1. The lowest BCUT2D eigenvalue weighted by Crippen LogP contribution is -2.46. The molecule has 0 unspecified atom stereocenters. The van der Waals surface area contributed by atoms with E-state index in [-0.39, 0.29) is 0 Å². The van der Waals surface area contributed by atoms with Crippen molar-refractivity contribution in [1.29, 1.82) is 0 Å². The smallest absolute Gasteiger partial charge is 0.213 e. The van der Waals surface area contributed by atoms with Crippen LogP contribution in [0.25, 0.3) is 0 Å². The van der Waals surface area contributed by atoms with Gasteiger partial charge in [0.2, 0.25) is 5.88 Å². The molecule has 1 atom stereocenters. The molecule has 0 amide bonds. The quantitative estimate of drug-likeness (QED) is 0.705. The predicted molar refractivity (Wildman–Crippen MR) is 50.6 cm³/mol. The van der Waals surface area contributed by atoms with Crippen LogP contribution in [0.1, 0.15) is 6.42 Å². The maximum Gasteiger partial charge on any atom is 0.213 e. The first-order valence-electron chi connectivity index (χ1n) is 4.42. The molecule has 0 aliphatic carbocycles. The van der Waals surface area contributed by atoms with Crippen LogP contribution in [-0.4, -0.2) is 24.2 Å². The lowest BCUT2D eigenvalue weighted by molar-refractivity contribution is 0.211. The van der Waals surface area contributed by atoms with Crippen LogP contribution in [0.2, 0.25) is 0 Å². The zero-order chi connectivity index (χ0) is 9.10. The molecule has 0 radical (unpaired) electrons. The van der Waals surface area contributed by atoms with Gasteiger partial charge >= 0.3 is 0 Å². The van der Waals surface area contributed by atoms with Crippen molar-refractivity contribution in [3.05, 3.63) is 18.3 Å². The molecule has 1 aromatic heterocycles. The molecule has 1 aliphatic heterocycles. The van der Waals surface area contributed by atoms with E-state index in [4.69, 9.17) is 10.5 Å². The third-order valence-corrected chi connectivity index (χ3v) is 2.12. The molecular weight excluding hydrogens is 166 g/mol. The van der Waals surface area contributed by atoms with Gasteiger partial charge in [-0.2, -0.15) is 0 Å². The van der Waals surface area contributed by atoms with Gasteiger partial charge in [0.05, 0.1) is 11.9 Å². The number of aromatic nitrogens is 1. The zero-order valence-electron chi connectivity index (χ0n) is 7.36. The minimum Gasteiger partial charge on any atom is -0.476 e. The first-order chi connectivity index (χ1) is 6.34. The molecule has 0 saturated carbocycles. The van der Waals surface area contributed by atoms with Gasteiger partial charge in [-0.05, 0) is 19.0 Å². The standard InChI is InChI=1S/C9H13N3O/c10-7-1-2-9(12-5-7)13-6-8-3-4-11-8/h1-2,5,8,11H,3-4,6,10H2/t8-/m0/s1. The fourth-order valence-electron chi connectivity index (χ4n) is 1.15. The summed E-state index contributed by atoms with van der Waals surface area (Å²) < 4.78 is 5.44. The molecule has 3 N–H and O–H groups in total. The largest absolute Gasteiger partial charge is 0.476 e. The second-order valence-electron chi connectivity index (χ2n) is 3.18. The molecule has 0 aromatic carbocycles. The minimum absolute atomic E-state index is 0.499. The highest BCUT2D eigenvalue weighted by Gasteiger charge is 2.16. The third-order valence-electron chi connectivity index (χ3n) is 2.12. The number of nitrogens with one attached hydrogen (secondary N) is 1. The van der Waals surface area contributed by atoms with Crippen LogP contribution >= 0.6 is 0 Å². The monoisotopic (exact) mass is 179 g/mol. The number of nitrogens with zero attached hydrogens (tertiary/aromatic N) is 1. The van der Waals surface area contributed by atoms with Crippen molar-refractivity contribution in [2.75, 3.05) is 18.9 Å². The van der Waals surface area contributed by atoms with Crippen LogP contribution in [0.5, 0.6) is 5.88 Å². The average Bonchev–Trinajstić information content (AvgIpc) is 2.05. The van der Waals surface area contributed by atoms with Gasteiger partial charge in [-0.3, -0.25) is 0 Å². The molecule has 0 spiro atoms. The Morgan fingerprint density at radius 2 is 2.46 bits per heavy atom. The third kappa shape index (κ3) is 2.09. The van der Waals surface area contributed by atoms with Gasteiger partial charge in [-0.15, -0.1) is 0 Å². The van der Waals surface area contributed by atoms with E-state index < -0.39 is 0 Å². The van der Waals surface area contributed by atoms with Crippen molar-refractivity contribution >= 4 is 5.69 Å². The molecule has 4 nitrogen and oxygen atoms in total. The SMILES string of the molecule is Nc1ccc(OC[C@@H]2CCN2)nc1. The fourth-order valence-corrected chi connectivity index (χ4v) is 1.15. The van der Waals surface area contributed by atoms with Gasteiger partial charge in [0.15, 0.2) is 0 Å². The summed E-state index contributed by atoms with van der Waals surface area (Å²) in [7, 11) is 0. The lowest BCUT2D eigenvalue weighted by Gasteiger charge is -2.26. The number of hydrogen-bond donors (Lipinski definition) is 2. The van der Waals surface area contributed by atoms with Crippen molar-refractivity contribution in [2.24, 2.45) is 0 Å². The molecule has 70 valence electrons. The van der Waals surface area contributed by atoms with E-state index in [9.17, 15) is 0 Å². The van der Waals surface area contributed by atoms with Gasteiger partial charge in [0.1, 0.15) is 6.61 Å². The van der Waals surface area contributed by atoms with E-state index in [1.165, 1.54) is 6.42 Å². The fraction of sp³-hybridized carbons (Fsp3) is 0.444. The summed E-state index contributed by atoms with van der Waals surface area (Å²) in [6, 6.07) is 4.07. The van der Waals surface area contributed by atoms with Gasteiger partial charge in [0.25, 0.3) is 0 Å². The molecule has 1 aliphatic rings. The van der Waals surface area contributed by atoms with Crippen LogP contribution in [0.4, 0.5) is 5.69 Å². The summed E-state index contributed by atoms with van der Waals surface area (Å²) in [5.41, 5.74) is 6.15. The Morgan fingerprint density at radius 1 is 1.62 bits per heavy atom. The Balaban J connectivity index is 1.83. The van der Waals surface area contributed by atoms with Crippen molar-refractivity contribution in [1.82, 2.24) is 10.3 Å². The summed E-state index contributed by atoms with van der Waals surface area (Å²) in [6.45, 7) is 1.79. The summed E-state index contributed by atoms with van der Waals surface area (Å²) in [6.07, 6.45) is 2.79. The Kier molecular flexibility index (Phi) is 2.31. The molecular formula is C9H13N3O. The topological polar surface area (TPSA) is 60.2 Å². The van der Waals surface area contributed by atoms with Crippen LogP contribution in [0, 0.1) is 0 Å². The van der Waals surface area contributed by atoms with Crippen LogP contribution < -0.4 is 15.8 Å².